The lowest BCUT2D eigenvalue weighted by Gasteiger charge is -2.29. The first-order chi connectivity index (χ1) is 9.28. The Bertz CT molecular complexity index is 283. The molecule has 0 bridgehead atoms. The summed E-state index contributed by atoms with van der Waals surface area (Å²) in [5.41, 5.74) is 0. The summed E-state index contributed by atoms with van der Waals surface area (Å²) in [6.07, 6.45) is 7.97. The molecule has 2 fully saturated rings. The van der Waals surface area contributed by atoms with E-state index >= 15 is 0 Å². The molecular formula is C15H29ClN2OS. The van der Waals surface area contributed by atoms with Gasteiger partial charge in [-0.05, 0) is 56.9 Å². The van der Waals surface area contributed by atoms with Crippen LogP contribution < -0.4 is 10.6 Å². The quantitative estimate of drug-likeness (QED) is 0.790. The Kier molecular flexibility index (Phi) is 8.98. The van der Waals surface area contributed by atoms with Crippen molar-refractivity contribution < 1.29 is 4.79 Å². The van der Waals surface area contributed by atoms with Crippen LogP contribution in [0.4, 0.5) is 0 Å². The molecule has 3 atom stereocenters. The number of carbonyl (C=O) groups is 1. The van der Waals surface area contributed by atoms with Gasteiger partial charge in [0, 0.05) is 17.7 Å². The molecule has 20 heavy (non-hydrogen) atoms. The third kappa shape index (κ3) is 6.23. The minimum absolute atomic E-state index is 0. The van der Waals surface area contributed by atoms with E-state index in [0.29, 0.717) is 12.5 Å². The van der Waals surface area contributed by atoms with E-state index in [1.807, 2.05) is 0 Å². The van der Waals surface area contributed by atoms with Crippen LogP contribution in [0.25, 0.3) is 0 Å². The Balaban J connectivity index is 0.00000200. The molecule has 1 saturated carbocycles. The summed E-state index contributed by atoms with van der Waals surface area (Å²) in [6, 6.07) is 0.437. The molecule has 1 aliphatic heterocycles. The number of thioether (sulfide) groups is 1. The molecule has 0 radical (unpaired) electrons. The zero-order valence-corrected chi connectivity index (χ0v) is 14.2. The maximum absolute atomic E-state index is 12.0. The number of halogens is 1. The van der Waals surface area contributed by atoms with Gasteiger partial charge in [0.1, 0.15) is 0 Å². The molecule has 0 spiro atoms. The van der Waals surface area contributed by atoms with Gasteiger partial charge in [0.2, 0.25) is 5.91 Å². The highest BCUT2D eigenvalue weighted by atomic mass is 35.5. The molecule has 1 amide bonds. The summed E-state index contributed by atoms with van der Waals surface area (Å²) < 4.78 is 0. The average Bonchev–Trinajstić information content (AvgIpc) is 2.90. The van der Waals surface area contributed by atoms with E-state index in [4.69, 9.17) is 0 Å². The fourth-order valence-corrected chi connectivity index (χ4v) is 4.43. The Hall–Kier alpha value is 0.0700. The molecule has 2 aliphatic rings. The van der Waals surface area contributed by atoms with Gasteiger partial charge in [0.05, 0.1) is 0 Å². The highest BCUT2D eigenvalue weighted by molar-refractivity contribution is 7.99. The summed E-state index contributed by atoms with van der Waals surface area (Å²) in [4.78, 5) is 12.0. The Labute approximate surface area is 133 Å². The average molecular weight is 321 g/mol. The monoisotopic (exact) mass is 320 g/mol. The molecule has 1 saturated heterocycles. The first-order valence-electron chi connectivity index (χ1n) is 7.89. The van der Waals surface area contributed by atoms with Crippen molar-refractivity contribution in [2.75, 3.05) is 18.8 Å². The van der Waals surface area contributed by atoms with Crippen LogP contribution in [0.2, 0.25) is 0 Å². The smallest absolute Gasteiger partial charge is 0.220 e. The van der Waals surface area contributed by atoms with E-state index in [9.17, 15) is 4.79 Å². The Morgan fingerprint density at radius 3 is 2.90 bits per heavy atom. The SMILES string of the molecule is CCSC1CCCC(NC(=O)CCC2CCNC2)C1.Cl. The van der Waals surface area contributed by atoms with Gasteiger partial charge in [0.15, 0.2) is 0 Å². The van der Waals surface area contributed by atoms with Crippen LogP contribution in [-0.4, -0.2) is 36.0 Å². The number of hydrogen-bond donors (Lipinski definition) is 2. The zero-order chi connectivity index (χ0) is 13.5. The second-order valence-electron chi connectivity index (χ2n) is 5.91. The number of hydrogen-bond acceptors (Lipinski definition) is 3. The van der Waals surface area contributed by atoms with Crippen LogP contribution in [0.3, 0.4) is 0 Å². The van der Waals surface area contributed by atoms with Crippen molar-refractivity contribution in [1.82, 2.24) is 10.6 Å². The van der Waals surface area contributed by atoms with Crippen molar-refractivity contribution in [3.8, 4) is 0 Å². The molecule has 3 unspecified atom stereocenters. The minimum Gasteiger partial charge on any atom is -0.353 e. The van der Waals surface area contributed by atoms with Crippen LogP contribution in [0.1, 0.15) is 51.9 Å². The molecule has 0 aromatic rings. The van der Waals surface area contributed by atoms with Crippen molar-refractivity contribution in [2.24, 2.45) is 5.92 Å². The number of carbonyl (C=O) groups excluding carboxylic acids is 1. The Morgan fingerprint density at radius 2 is 2.20 bits per heavy atom. The van der Waals surface area contributed by atoms with Gasteiger partial charge in [-0.1, -0.05) is 13.3 Å². The summed E-state index contributed by atoms with van der Waals surface area (Å²) in [7, 11) is 0. The van der Waals surface area contributed by atoms with Gasteiger partial charge in [-0.25, -0.2) is 0 Å². The summed E-state index contributed by atoms with van der Waals surface area (Å²) >= 11 is 2.06. The molecule has 1 heterocycles. The van der Waals surface area contributed by atoms with Crippen LogP contribution in [-0.2, 0) is 4.79 Å². The van der Waals surface area contributed by atoms with Gasteiger partial charge in [-0.15, -0.1) is 12.4 Å². The van der Waals surface area contributed by atoms with Gasteiger partial charge < -0.3 is 10.6 Å². The van der Waals surface area contributed by atoms with Gasteiger partial charge in [0.25, 0.3) is 0 Å². The molecule has 5 heteroatoms. The Morgan fingerprint density at radius 1 is 1.35 bits per heavy atom. The third-order valence-electron chi connectivity index (χ3n) is 4.34. The molecule has 118 valence electrons. The van der Waals surface area contributed by atoms with Crippen LogP contribution in [0, 0.1) is 5.92 Å². The van der Waals surface area contributed by atoms with Crippen LogP contribution in [0.15, 0.2) is 0 Å². The fourth-order valence-electron chi connectivity index (χ4n) is 3.26. The van der Waals surface area contributed by atoms with Gasteiger partial charge >= 0.3 is 0 Å². The maximum Gasteiger partial charge on any atom is 0.220 e. The molecule has 2 N–H and O–H groups in total. The molecule has 1 aliphatic carbocycles. The van der Waals surface area contributed by atoms with E-state index < -0.39 is 0 Å². The molecule has 2 rings (SSSR count). The second kappa shape index (κ2) is 9.91. The standard InChI is InChI=1S/C15H28N2OS.ClH/c1-2-19-14-5-3-4-13(10-14)17-15(18)7-6-12-8-9-16-11-12;/h12-14,16H,2-11H2,1H3,(H,17,18);1H. The van der Waals surface area contributed by atoms with Crippen molar-refractivity contribution in [2.45, 2.75) is 63.2 Å². The highest BCUT2D eigenvalue weighted by Crippen LogP contribution is 2.28. The zero-order valence-electron chi connectivity index (χ0n) is 12.5. The van der Waals surface area contributed by atoms with E-state index in [-0.39, 0.29) is 18.3 Å². The van der Waals surface area contributed by atoms with Crippen LogP contribution in [0.5, 0.6) is 0 Å². The third-order valence-corrected chi connectivity index (χ3v) is 5.57. The highest BCUT2D eigenvalue weighted by Gasteiger charge is 2.23. The molecule has 0 aromatic carbocycles. The number of rotatable bonds is 6. The predicted octanol–water partition coefficient (Wildman–Crippen LogP) is 2.98. The van der Waals surface area contributed by atoms with Crippen molar-refractivity contribution in [3.63, 3.8) is 0 Å². The summed E-state index contributed by atoms with van der Waals surface area (Å²) in [6.45, 7) is 4.46. The van der Waals surface area contributed by atoms with Gasteiger partial charge in [-0.3, -0.25) is 4.79 Å². The van der Waals surface area contributed by atoms with E-state index in [1.54, 1.807) is 0 Å². The molecule has 3 nitrogen and oxygen atoms in total. The van der Waals surface area contributed by atoms with E-state index in [2.05, 4.69) is 29.3 Å². The lowest BCUT2D eigenvalue weighted by molar-refractivity contribution is -0.122. The second-order valence-corrected chi connectivity index (χ2v) is 7.48. The van der Waals surface area contributed by atoms with E-state index in [1.165, 1.54) is 37.9 Å². The summed E-state index contributed by atoms with van der Waals surface area (Å²) in [5, 5.41) is 7.39. The molecule has 0 aromatic heterocycles. The maximum atomic E-state index is 12.0. The summed E-state index contributed by atoms with van der Waals surface area (Å²) in [5.74, 6) is 2.19. The first kappa shape index (κ1) is 18.1. The largest absolute Gasteiger partial charge is 0.353 e. The van der Waals surface area contributed by atoms with E-state index in [0.717, 1.165) is 30.7 Å². The lowest BCUT2D eigenvalue weighted by atomic mass is 9.94. The first-order valence-corrected chi connectivity index (χ1v) is 8.94. The number of nitrogens with one attached hydrogen (secondary N) is 2. The van der Waals surface area contributed by atoms with Crippen molar-refractivity contribution >= 4 is 30.1 Å². The lowest BCUT2D eigenvalue weighted by Crippen LogP contribution is -2.39. The van der Waals surface area contributed by atoms with Crippen LogP contribution >= 0.6 is 24.2 Å². The van der Waals surface area contributed by atoms with Crippen molar-refractivity contribution in [3.05, 3.63) is 0 Å². The topological polar surface area (TPSA) is 41.1 Å². The van der Waals surface area contributed by atoms with Crippen molar-refractivity contribution in [1.29, 1.82) is 0 Å². The minimum atomic E-state index is 0. The molecular weight excluding hydrogens is 292 g/mol. The van der Waals surface area contributed by atoms with Gasteiger partial charge in [-0.2, -0.15) is 11.8 Å². The fraction of sp³-hybridized carbons (Fsp3) is 0.933. The normalized spacial score (nSPS) is 29.8. The number of amides is 1. The predicted molar refractivity (Wildman–Crippen MR) is 89.8 cm³/mol.